The number of unbranched alkanes of at least 4 members (excludes halogenated alkanes) is 5. The summed E-state index contributed by atoms with van der Waals surface area (Å²) < 4.78 is 1.87. The largest absolute Gasteiger partial charge is 0.370 e. The Kier molecular flexibility index (Phi) is 12.0. The van der Waals surface area contributed by atoms with E-state index >= 15 is 0 Å². The van der Waals surface area contributed by atoms with Crippen molar-refractivity contribution in [3.05, 3.63) is 30.1 Å². The number of nitrogens with zero attached hydrogens (tertiary/aromatic N) is 4. The molecule has 0 amide bonds. The Labute approximate surface area is 178 Å². The highest BCUT2D eigenvalue weighted by atomic mass is 35.5. The summed E-state index contributed by atoms with van der Waals surface area (Å²) in [6, 6.07) is 6.08. The lowest BCUT2D eigenvalue weighted by Crippen LogP contribution is -2.44. The van der Waals surface area contributed by atoms with Crippen LogP contribution in [0.25, 0.3) is 11.0 Å². The van der Waals surface area contributed by atoms with Crippen molar-refractivity contribution in [2.75, 3.05) is 18.1 Å². The molecule has 0 saturated heterocycles. The number of hydrogen-bond donors (Lipinski definition) is 4. The third-order valence-corrected chi connectivity index (χ3v) is 4.29. The van der Waals surface area contributed by atoms with Gasteiger partial charge in [-0.1, -0.05) is 31.7 Å². The smallest absolute Gasteiger partial charge is 0.208 e. The van der Waals surface area contributed by atoms with Crippen molar-refractivity contribution >= 4 is 47.8 Å². The van der Waals surface area contributed by atoms with E-state index in [1.165, 1.54) is 0 Å². The zero-order chi connectivity index (χ0) is 18.9. The number of hydrogen-bond acceptors (Lipinski definition) is 3. The first-order valence-electron chi connectivity index (χ1n) is 9.10. The fraction of sp³-hybridized carbons (Fsp3) is 0.500. The van der Waals surface area contributed by atoms with E-state index in [1.807, 2.05) is 23.7 Å². The molecule has 0 aliphatic carbocycles. The molecule has 0 saturated carbocycles. The van der Waals surface area contributed by atoms with Gasteiger partial charge in [0.05, 0.1) is 11.0 Å². The van der Waals surface area contributed by atoms with Gasteiger partial charge in [-0.2, -0.15) is 0 Å². The van der Waals surface area contributed by atoms with Crippen molar-refractivity contribution in [2.45, 2.75) is 45.4 Å². The molecule has 0 aliphatic rings. The van der Waals surface area contributed by atoms with Crippen molar-refractivity contribution in [3.8, 4) is 0 Å². The number of aromatic nitrogens is 2. The van der Waals surface area contributed by atoms with E-state index in [2.05, 4.69) is 16.0 Å². The molecule has 0 atom stereocenters. The number of nitrogens with two attached hydrogens (primary N) is 3. The van der Waals surface area contributed by atoms with Crippen LogP contribution in [0.15, 0.2) is 29.5 Å². The van der Waals surface area contributed by atoms with Crippen LogP contribution >= 0.6 is 24.8 Å². The van der Waals surface area contributed by atoms with E-state index in [-0.39, 0.29) is 36.7 Å². The highest BCUT2D eigenvalue weighted by molar-refractivity contribution is 5.87. The van der Waals surface area contributed by atoms with E-state index < -0.39 is 0 Å². The zero-order valence-corrected chi connectivity index (χ0v) is 17.9. The Morgan fingerprint density at radius 1 is 1.07 bits per heavy atom. The topological polar surface area (TPSA) is 135 Å². The Morgan fingerprint density at radius 3 is 2.36 bits per heavy atom. The van der Waals surface area contributed by atoms with Gasteiger partial charge in [-0.05, 0) is 37.5 Å². The number of fused-ring (bicyclic) bond motifs is 1. The lowest BCUT2D eigenvalue weighted by molar-refractivity contribution is 0.581. The summed E-state index contributed by atoms with van der Waals surface area (Å²) in [5.41, 5.74) is 19.4. The first-order chi connectivity index (χ1) is 12.5. The molecule has 0 unspecified atom stereocenters. The standard InChI is InChI=1S/C18H30N8.2ClH/c1-14-8-9-15-16(12-14)26(13-24-15)25(18(21)22)11-7-5-3-2-4-6-10-23-17(19)20;;/h8-9,12-13H,2-7,10-11H2,1H3,(H3,21,22)(H4,19,20,23);2*1H. The van der Waals surface area contributed by atoms with Crippen LogP contribution in [0.3, 0.4) is 0 Å². The Morgan fingerprint density at radius 2 is 1.71 bits per heavy atom. The number of guanidine groups is 2. The number of aliphatic imine (C=N–C) groups is 1. The van der Waals surface area contributed by atoms with Gasteiger partial charge >= 0.3 is 0 Å². The molecule has 28 heavy (non-hydrogen) atoms. The van der Waals surface area contributed by atoms with Crippen molar-refractivity contribution in [1.82, 2.24) is 9.66 Å². The molecule has 158 valence electrons. The lowest BCUT2D eigenvalue weighted by atomic mass is 10.1. The number of aryl methyl sites for hydroxylation is 1. The van der Waals surface area contributed by atoms with Gasteiger partial charge in [0.15, 0.2) is 5.96 Å². The van der Waals surface area contributed by atoms with E-state index in [1.54, 1.807) is 11.3 Å². The van der Waals surface area contributed by atoms with E-state index in [4.69, 9.17) is 22.6 Å². The van der Waals surface area contributed by atoms with Gasteiger partial charge in [0, 0.05) is 13.1 Å². The molecule has 2 rings (SSSR count). The maximum absolute atomic E-state index is 7.91. The van der Waals surface area contributed by atoms with Crippen LogP contribution in [0.2, 0.25) is 0 Å². The SMILES string of the molecule is Cc1ccc2ncn(N(CCCCCCCCN=C(N)N)C(=N)N)c2c1.Cl.Cl. The second kappa shape index (κ2) is 13.1. The average Bonchev–Trinajstić information content (AvgIpc) is 2.98. The first kappa shape index (κ1) is 25.8. The summed E-state index contributed by atoms with van der Waals surface area (Å²) in [4.78, 5) is 8.38. The summed E-state index contributed by atoms with van der Waals surface area (Å²) in [6.07, 6.45) is 8.24. The van der Waals surface area contributed by atoms with E-state index in [9.17, 15) is 0 Å². The fourth-order valence-corrected chi connectivity index (χ4v) is 2.93. The second-order valence-corrected chi connectivity index (χ2v) is 6.52. The van der Waals surface area contributed by atoms with Crippen molar-refractivity contribution in [2.24, 2.45) is 22.2 Å². The summed E-state index contributed by atoms with van der Waals surface area (Å²) >= 11 is 0. The predicted molar refractivity (Wildman–Crippen MR) is 122 cm³/mol. The molecule has 7 N–H and O–H groups in total. The maximum Gasteiger partial charge on any atom is 0.208 e. The van der Waals surface area contributed by atoms with Gasteiger partial charge in [-0.3, -0.25) is 10.4 Å². The maximum atomic E-state index is 7.91. The van der Waals surface area contributed by atoms with Gasteiger partial charge in [0.1, 0.15) is 6.33 Å². The van der Waals surface area contributed by atoms with Crippen molar-refractivity contribution < 1.29 is 0 Å². The van der Waals surface area contributed by atoms with Crippen LogP contribution in [-0.2, 0) is 0 Å². The van der Waals surface area contributed by atoms with Gasteiger partial charge in [0.2, 0.25) is 5.96 Å². The van der Waals surface area contributed by atoms with E-state index in [0.717, 1.165) is 55.1 Å². The van der Waals surface area contributed by atoms with Gasteiger partial charge in [0.25, 0.3) is 0 Å². The Balaban J connectivity index is 0.00000364. The number of nitrogens with one attached hydrogen (secondary N) is 1. The van der Waals surface area contributed by atoms with Gasteiger partial charge in [-0.15, -0.1) is 24.8 Å². The summed E-state index contributed by atoms with van der Waals surface area (Å²) in [5, 5.41) is 9.68. The molecule has 1 aromatic carbocycles. The lowest BCUT2D eigenvalue weighted by Gasteiger charge is -2.24. The Bertz CT molecular complexity index is 755. The molecule has 0 aliphatic heterocycles. The van der Waals surface area contributed by atoms with Crippen LogP contribution in [-0.4, -0.2) is 34.7 Å². The quantitative estimate of drug-likeness (QED) is 0.261. The number of imidazole rings is 1. The molecule has 1 aromatic heterocycles. The third kappa shape index (κ3) is 7.82. The molecule has 0 spiro atoms. The minimum atomic E-state index is 0. The van der Waals surface area contributed by atoms with Crippen molar-refractivity contribution in [3.63, 3.8) is 0 Å². The monoisotopic (exact) mass is 430 g/mol. The summed E-state index contributed by atoms with van der Waals surface area (Å²) in [6.45, 7) is 3.44. The normalized spacial score (nSPS) is 10.0. The van der Waals surface area contributed by atoms with Crippen LogP contribution in [0.5, 0.6) is 0 Å². The summed E-state index contributed by atoms with van der Waals surface area (Å²) in [7, 11) is 0. The van der Waals surface area contributed by atoms with Crippen LogP contribution in [0, 0.1) is 12.3 Å². The summed E-state index contributed by atoms with van der Waals surface area (Å²) in [5.74, 6) is 0.194. The predicted octanol–water partition coefficient (Wildman–Crippen LogP) is 2.63. The zero-order valence-electron chi connectivity index (χ0n) is 16.3. The molecule has 8 nitrogen and oxygen atoms in total. The van der Waals surface area contributed by atoms with Crippen molar-refractivity contribution in [1.29, 1.82) is 5.41 Å². The molecule has 1 heterocycles. The molecular formula is C18H32Cl2N8. The number of benzene rings is 1. The molecular weight excluding hydrogens is 399 g/mol. The highest BCUT2D eigenvalue weighted by Crippen LogP contribution is 2.15. The van der Waals surface area contributed by atoms with Crippen LogP contribution < -0.4 is 22.2 Å². The van der Waals surface area contributed by atoms with Gasteiger partial charge < -0.3 is 17.2 Å². The third-order valence-electron chi connectivity index (χ3n) is 4.29. The first-order valence-corrected chi connectivity index (χ1v) is 9.10. The minimum absolute atomic E-state index is 0. The molecule has 0 bridgehead atoms. The van der Waals surface area contributed by atoms with Gasteiger partial charge in [-0.25, -0.2) is 14.7 Å². The molecule has 2 aromatic rings. The molecule has 0 radical (unpaired) electrons. The second-order valence-electron chi connectivity index (χ2n) is 6.52. The average molecular weight is 431 g/mol. The molecule has 0 fully saturated rings. The van der Waals surface area contributed by atoms with Crippen LogP contribution in [0.1, 0.15) is 44.1 Å². The fourth-order valence-electron chi connectivity index (χ4n) is 2.93. The highest BCUT2D eigenvalue weighted by Gasteiger charge is 2.12. The van der Waals surface area contributed by atoms with Crippen LogP contribution in [0.4, 0.5) is 0 Å². The minimum Gasteiger partial charge on any atom is -0.370 e. The number of rotatable bonds is 10. The Hall–Kier alpha value is -2.19. The molecule has 10 heteroatoms. The number of halogens is 2. The van der Waals surface area contributed by atoms with E-state index in [0.29, 0.717) is 13.1 Å².